The Morgan fingerprint density at radius 3 is 2.08 bits per heavy atom. The topological polar surface area (TPSA) is 297 Å². The van der Waals surface area contributed by atoms with Crippen LogP contribution in [0.3, 0.4) is 0 Å². The molecule has 0 bridgehead atoms. The fraction of sp³-hybridized carbons (Fsp3) is 0.585. The van der Waals surface area contributed by atoms with Gasteiger partial charge in [0.25, 0.3) is 0 Å². The third-order valence-electron chi connectivity index (χ3n) is 11.2. The van der Waals surface area contributed by atoms with E-state index in [4.69, 9.17) is 37.6 Å². The van der Waals surface area contributed by atoms with Crippen LogP contribution >= 0.6 is 0 Å². The zero-order valence-electron chi connectivity index (χ0n) is 34.0. The number of aliphatic hydroxyl groups excluding tert-OH is 9. The molecule has 0 amide bonds. The van der Waals surface area contributed by atoms with Crippen LogP contribution in [0.4, 0.5) is 0 Å². The van der Waals surface area contributed by atoms with Crippen molar-refractivity contribution in [3.05, 3.63) is 57.8 Å². The number of aliphatic hydroxyl groups is 9. The van der Waals surface area contributed by atoms with Crippen molar-refractivity contribution in [2.75, 3.05) is 13.7 Å². The van der Waals surface area contributed by atoms with Crippen LogP contribution in [-0.2, 0) is 25.4 Å². The maximum absolute atomic E-state index is 14.7. The van der Waals surface area contributed by atoms with Gasteiger partial charge in [-0.1, -0.05) is 11.6 Å². The first-order valence-corrected chi connectivity index (χ1v) is 19.4. The first kappa shape index (κ1) is 45.6. The van der Waals surface area contributed by atoms with Crippen molar-refractivity contribution in [3.8, 4) is 34.3 Å². The van der Waals surface area contributed by atoms with Crippen LogP contribution in [-0.4, -0.2) is 156 Å². The number of hydrogen-bond donors (Lipinski definition) is 10. The van der Waals surface area contributed by atoms with Gasteiger partial charge < -0.3 is 88.6 Å². The molecule has 15 unspecified atom stereocenters. The molecule has 3 aliphatic heterocycles. The van der Waals surface area contributed by atoms with E-state index in [9.17, 15) is 55.9 Å². The van der Waals surface area contributed by atoms with Gasteiger partial charge in [-0.3, -0.25) is 4.79 Å². The van der Waals surface area contributed by atoms with Crippen LogP contribution < -0.4 is 19.6 Å². The first-order chi connectivity index (χ1) is 28.2. The summed E-state index contributed by atoms with van der Waals surface area (Å²) in [6, 6.07) is 7.30. The van der Waals surface area contributed by atoms with E-state index >= 15 is 0 Å². The molecule has 332 valence electrons. The summed E-state index contributed by atoms with van der Waals surface area (Å²) in [7, 11) is 1.45. The summed E-state index contributed by atoms with van der Waals surface area (Å²) in [5.74, 6) is -5.28. The molecule has 4 heterocycles. The molecule has 1 aromatic heterocycles. The normalized spacial score (nSPS) is 37.1. The minimum atomic E-state index is -2.11. The number of methoxy groups -OCH3 is 1. The molecule has 15 atom stereocenters. The van der Waals surface area contributed by atoms with Gasteiger partial charge in [-0.05, 0) is 65.3 Å². The van der Waals surface area contributed by atoms with Crippen molar-refractivity contribution in [2.45, 2.75) is 139 Å². The molecule has 60 heavy (non-hydrogen) atoms. The van der Waals surface area contributed by atoms with E-state index in [1.165, 1.54) is 34.8 Å². The molecular formula is C41H54O19. The summed E-state index contributed by atoms with van der Waals surface area (Å²) in [4.78, 5) is 14.7. The smallest absolute Gasteiger partial charge is 0.239 e. The second-order valence-corrected chi connectivity index (χ2v) is 15.9. The van der Waals surface area contributed by atoms with Crippen LogP contribution in [0.15, 0.2) is 51.2 Å². The Labute approximate surface area is 344 Å². The van der Waals surface area contributed by atoms with Gasteiger partial charge in [0.05, 0.1) is 25.9 Å². The number of hydrogen-bond acceptors (Lipinski definition) is 19. The van der Waals surface area contributed by atoms with E-state index in [0.29, 0.717) is 5.75 Å². The van der Waals surface area contributed by atoms with Gasteiger partial charge in [-0.2, -0.15) is 0 Å². The Kier molecular flexibility index (Phi) is 13.3. The van der Waals surface area contributed by atoms with E-state index in [1.54, 1.807) is 30.3 Å². The van der Waals surface area contributed by atoms with Crippen molar-refractivity contribution in [1.29, 1.82) is 0 Å². The standard InChI is InChI=1S/C41H54O19/c1-16(2)8-13-21-23(58-41(6)38(52)31(49)27(45)24(15-42)59-41)14-22(43)25-28(46)36(34(55-35(21)25)19-9-11-20(53-7)12-10-19)56-39-32(50)29(47)33(18(4)54-39)60-40(5)37(51)30(48)26(44)17(3)57-40/h8-12,14,17-18,24,26-27,29-33,37-39,42-45,47-52H,13,15H2,1-7H3. The highest BCUT2D eigenvalue weighted by atomic mass is 16.8. The fourth-order valence-corrected chi connectivity index (χ4v) is 7.63. The van der Waals surface area contributed by atoms with Crippen LogP contribution in [0, 0.1) is 0 Å². The van der Waals surface area contributed by atoms with Gasteiger partial charge in [0.2, 0.25) is 23.3 Å². The molecule has 2 aromatic carbocycles. The van der Waals surface area contributed by atoms with Crippen LogP contribution in [0.5, 0.6) is 23.0 Å². The van der Waals surface area contributed by atoms with E-state index in [-0.39, 0.29) is 34.6 Å². The molecule has 3 aliphatic rings. The number of aromatic hydroxyl groups is 1. The molecule has 19 nitrogen and oxygen atoms in total. The predicted molar refractivity (Wildman–Crippen MR) is 207 cm³/mol. The summed E-state index contributed by atoms with van der Waals surface area (Å²) in [6.07, 6.45) is -18.9. The van der Waals surface area contributed by atoms with Crippen molar-refractivity contribution in [1.82, 2.24) is 0 Å². The molecule has 0 radical (unpaired) electrons. The third kappa shape index (κ3) is 8.35. The second-order valence-electron chi connectivity index (χ2n) is 15.9. The van der Waals surface area contributed by atoms with Gasteiger partial charge in [-0.15, -0.1) is 0 Å². The molecule has 3 aromatic rings. The molecule has 6 rings (SSSR count). The van der Waals surface area contributed by atoms with Crippen molar-refractivity contribution < 1.29 is 88.6 Å². The summed E-state index contributed by atoms with van der Waals surface area (Å²) < 4.78 is 47.3. The van der Waals surface area contributed by atoms with Gasteiger partial charge in [0.15, 0.2) is 11.5 Å². The summed E-state index contributed by atoms with van der Waals surface area (Å²) in [6.45, 7) is 8.33. The Balaban J connectivity index is 1.44. The molecular weight excluding hydrogens is 796 g/mol. The number of rotatable bonds is 11. The summed E-state index contributed by atoms with van der Waals surface area (Å²) >= 11 is 0. The van der Waals surface area contributed by atoms with E-state index in [1.807, 2.05) is 13.8 Å². The van der Waals surface area contributed by atoms with E-state index in [0.717, 1.165) is 11.6 Å². The van der Waals surface area contributed by atoms with Gasteiger partial charge in [0.1, 0.15) is 89.3 Å². The summed E-state index contributed by atoms with van der Waals surface area (Å²) in [5, 5.41) is 107. The lowest BCUT2D eigenvalue weighted by atomic mass is 9.92. The molecule has 19 heteroatoms. The monoisotopic (exact) mass is 850 g/mol. The zero-order chi connectivity index (χ0) is 44.2. The maximum Gasteiger partial charge on any atom is 0.239 e. The quantitative estimate of drug-likeness (QED) is 0.111. The maximum atomic E-state index is 14.7. The Morgan fingerprint density at radius 1 is 0.833 bits per heavy atom. The highest BCUT2D eigenvalue weighted by molar-refractivity contribution is 5.91. The van der Waals surface area contributed by atoms with Crippen LogP contribution in [0.25, 0.3) is 22.3 Å². The second kappa shape index (κ2) is 17.4. The van der Waals surface area contributed by atoms with E-state index < -0.39 is 120 Å². The minimum Gasteiger partial charge on any atom is -0.507 e. The fourth-order valence-electron chi connectivity index (χ4n) is 7.63. The number of ether oxygens (including phenoxy) is 7. The number of benzene rings is 2. The number of fused-ring (bicyclic) bond motifs is 1. The van der Waals surface area contributed by atoms with Crippen molar-refractivity contribution in [2.24, 2.45) is 0 Å². The lowest BCUT2D eigenvalue weighted by molar-refractivity contribution is -0.389. The Hall–Kier alpha value is -3.93. The summed E-state index contributed by atoms with van der Waals surface area (Å²) in [5.41, 5.74) is 0.0839. The minimum absolute atomic E-state index is 0.0159. The molecule has 10 N–H and O–H groups in total. The third-order valence-corrected chi connectivity index (χ3v) is 11.2. The Morgan fingerprint density at radius 2 is 1.47 bits per heavy atom. The van der Waals surface area contributed by atoms with Crippen LogP contribution in [0.1, 0.15) is 47.1 Å². The van der Waals surface area contributed by atoms with Gasteiger partial charge in [-0.25, -0.2) is 0 Å². The molecule has 3 fully saturated rings. The Bertz CT molecular complexity index is 2080. The highest BCUT2D eigenvalue weighted by Gasteiger charge is 2.56. The van der Waals surface area contributed by atoms with Crippen molar-refractivity contribution in [3.63, 3.8) is 0 Å². The van der Waals surface area contributed by atoms with Gasteiger partial charge in [0, 0.05) is 24.1 Å². The van der Waals surface area contributed by atoms with Crippen molar-refractivity contribution >= 4 is 11.0 Å². The molecule has 0 aliphatic carbocycles. The zero-order valence-corrected chi connectivity index (χ0v) is 34.0. The largest absolute Gasteiger partial charge is 0.507 e. The molecule has 0 spiro atoms. The molecule has 3 saturated heterocycles. The van der Waals surface area contributed by atoms with Gasteiger partial charge >= 0.3 is 0 Å². The number of phenols is 1. The number of allylic oxidation sites excluding steroid dienone is 2. The lowest BCUT2D eigenvalue weighted by Crippen LogP contribution is -2.67. The lowest BCUT2D eigenvalue weighted by Gasteiger charge is -2.50. The average Bonchev–Trinajstić information content (AvgIpc) is 3.21. The first-order valence-electron chi connectivity index (χ1n) is 19.4. The van der Waals surface area contributed by atoms with Crippen LogP contribution in [0.2, 0.25) is 0 Å². The van der Waals surface area contributed by atoms with E-state index in [2.05, 4.69) is 0 Å². The number of phenolic OH excluding ortho intramolecular Hbond substituents is 1. The molecule has 0 saturated carbocycles. The average molecular weight is 851 g/mol. The highest BCUT2D eigenvalue weighted by Crippen LogP contribution is 2.44. The SMILES string of the molecule is COc1ccc(-c2oc3c(CC=C(C)C)c(OC4(C)OC(CO)C(O)C(O)C4O)cc(O)c3c(=O)c2OC2OC(C)C(OC3(C)OC(C)C(O)C(O)C3O)C(O)C2O)cc1. The predicted octanol–water partition coefficient (Wildman–Crippen LogP) is -0.300.